The van der Waals surface area contributed by atoms with E-state index in [1.54, 1.807) is 0 Å². The molecule has 0 aliphatic carbocycles. The van der Waals surface area contributed by atoms with Gasteiger partial charge in [-0.2, -0.15) is 0 Å². The highest BCUT2D eigenvalue weighted by Gasteiger charge is 2.22. The van der Waals surface area contributed by atoms with Gasteiger partial charge in [0.15, 0.2) is 0 Å². The minimum atomic E-state index is 0.399. The maximum absolute atomic E-state index is 5.82. The van der Waals surface area contributed by atoms with Crippen LogP contribution in [0.5, 0.6) is 0 Å². The molecule has 2 rings (SSSR count). The van der Waals surface area contributed by atoms with Gasteiger partial charge in [-0.05, 0) is 44.7 Å². The van der Waals surface area contributed by atoms with E-state index in [1.165, 1.54) is 24.0 Å². The summed E-state index contributed by atoms with van der Waals surface area (Å²) in [7, 11) is 0. The van der Waals surface area contributed by atoms with Crippen LogP contribution < -0.4 is 5.32 Å². The van der Waals surface area contributed by atoms with E-state index >= 15 is 0 Å². The lowest BCUT2D eigenvalue weighted by Gasteiger charge is -2.19. The fraction of sp³-hybridized carbons (Fsp3) is 0.600. The molecule has 2 heteroatoms. The first-order chi connectivity index (χ1) is 8.16. The van der Waals surface area contributed by atoms with Crippen LogP contribution in [0.4, 0.5) is 0 Å². The Kier molecular flexibility index (Phi) is 4.19. The van der Waals surface area contributed by atoms with Gasteiger partial charge in [0.1, 0.15) is 0 Å². The minimum Gasteiger partial charge on any atom is -0.374 e. The Bertz CT molecular complexity index is 364. The third-order valence-corrected chi connectivity index (χ3v) is 3.63. The molecule has 0 bridgehead atoms. The lowest BCUT2D eigenvalue weighted by Crippen LogP contribution is -2.29. The van der Waals surface area contributed by atoms with Gasteiger partial charge in [0.25, 0.3) is 0 Å². The highest BCUT2D eigenvalue weighted by atomic mass is 16.5. The number of aryl methyl sites for hydroxylation is 1. The SMILES string of the molecule is Cc1ccccc1C(C)NCC1CCC(C)O1. The molecule has 1 aromatic rings. The highest BCUT2D eigenvalue weighted by molar-refractivity contribution is 5.28. The molecule has 1 aromatic carbocycles. The second-order valence-corrected chi connectivity index (χ2v) is 5.13. The van der Waals surface area contributed by atoms with Gasteiger partial charge in [0.2, 0.25) is 0 Å². The van der Waals surface area contributed by atoms with Gasteiger partial charge in [-0.25, -0.2) is 0 Å². The Labute approximate surface area is 104 Å². The number of nitrogens with one attached hydrogen (secondary N) is 1. The van der Waals surface area contributed by atoms with Crippen molar-refractivity contribution in [3.63, 3.8) is 0 Å². The lowest BCUT2D eigenvalue weighted by molar-refractivity contribution is 0.0546. The monoisotopic (exact) mass is 233 g/mol. The predicted octanol–water partition coefficient (Wildman–Crippen LogP) is 3.21. The molecule has 0 radical (unpaired) electrons. The number of ether oxygens (including phenoxy) is 1. The average molecular weight is 233 g/mol. The molecule has 3 atom stereocenters. The van der Waals surface area contributed by atoms with Crippen LogP contribution in [0.25, 0.3) is 0 Å². The summed E-state index contributed by atoms with van der Waals surface area (Å²) >= 11 is 0. The van der Waals surface area contributed by atoms with Crippen molar-refractivity contribution in [3.8, 4) is 0 Å². The first-order valence-corrected chi connectivity index (χ1v) is 6.61. The Morgan fingerprint density at radius 2 is 2.12 bits per heavy atom. The van der Waals surface area contributed by atoms with E-state index in [2.05, 4.69) is 50.4 Å². The first kappa shape index (κ1) is 12.6. The van der Waals surface area contributed by atoms with Gasteiger partial charge in [-0.15, -0.1) is 0 Å². The zero-order chi connectivity index (χ0) is 12.3. The van der Waals surface area contributed by atoms with E-state index in [1.807, 2.05) is 0 Å². The van der Waals surface area contributed by atoms with Gasteiger partial charge >= 0.3 is 0 Å². The Balaban J connectivity index is 1.85. The second kappa shape index (κ2) is 5.65. The summed E-state index contributed by atoms with van der Waals surface area (Å²) in [6.07, 6.45) is 3.23. The fourth-order valence-electron chi connectivity index (χ4n) is 2.53. The molecule has 0 aromatic heterocycles. The summed E-state index contributed by atoms with van der Waals surface area (Å²) < 4.78 is 5.82. The van der Waals surface area contributed by atoms with Crippen molar-refractivity contribution in [3.05, 3.63) is 35.4 Å². The molecule has 1 saturated heterocycles. The van der Waals surface area contributed by atoms with Gasteiger partial charge in [-0.1, -0.05) is 24.3 Å². The third-order valence-electron chi connectivity index (χ3n) is 3.63. The fourth-order valence-corrected chi connectivity index (χ4v) is 2.53. The van der Waals surface area contributed by atoms with Crippen molar-refractivity contribution < 1.29 is 4.74 Å². The lowest BCUT2D eigenvalue weighted by atomic mass is 10.0. The van der Waals surface area contributed by atoms with Crippen LogP contribution in [0.2, 0.25) is 0 Å². The number of hydrogen-bond donors (Lipinski definition) is 1. The Morgan fingerprint density at radius 3 is 2.76 bits per heavy atom. The summed E-state index contributed by atoms with van der Waals surface area (Å²) in [4.78, 5) is 0. The summed E-state index contributed by atoms with van der Waals surface area (Å²) in [6.45, 7) is 7.51. The van der Waals surface area contributed by atoms with Crippen LogP contribution >= 0.6 is 0 Å². The van der Waals surface area contributed by atoms with Crippen molar-refractivity contribution in [2.45, 2.75) is 51.9 Å². The molecule has 1 aliphatic rings. The van der Waals surface area contributed by atoms with E-state index in [4.69, 9.17) is 4.74 Å². The molecular formula is C15H23NO. The zero-order valence-corrected chi connectivity index (χ0v) is 11.1. The molecule has 2 nitrogen and oxygen atoms in total. The topological polar surface area (TPSA) is 21.3 Å². The largest absolute Gasteiger partial charge is 0.374 e. The molecule has 94 valence electrons. The van der Waals surface area contributed by atoms with E-state index < -0.39 is 0 Å². The molecule has 3 unspecified atom stereocenters. The van der Waals surface area contributed by atoms with Crippen LogP contribution in [0, 0.1) is 6.92 Å². The average Bonchev–Trinajstić information content (AvgIpc) is 2.73. The molecule has 1 aliphatic heterocycles. The first-order valence-electron chi connectivity index (χ1n) is 6.61. The van der Waals surface area contributed by atoms with Gasteiger partial charge in [-0.3, -0.25) is 0 Å². The normalized spacial score (nSPS) is 26.1. The summed E-state index contributed by atoms with van der Waals surface area (Å²) in [5, 5.41) is 3.58. The van der Waals surface area contributed by atoms with Crippen LogP contribution in [0.15, 0.2) is 24.3 Å². The molecule has 1 fully saturated rings. The molecule has 17 heavy (non-hydrogen) atoms. The van der Waals surface area contributed by atoms with Crippen LogP contribution in [-0.4, -0.2) is 18.8 Å². The summed E-state index contributed by atoms with van der Waals surface area (Å²) in [5.41, 5.74) is 2.74. The Morgan fingerprint density at radius 1 is 1.35 bits per heavy atom. The second-order valence-electron chi connectivity index (χ2n) is 5.13. The minimum absolute atomic E-state index is 0.399. The van der Waals surface area contributed by atoms with Gasteiger partial charge in [0.05, 0.1) is 12.2 Å². The van der Waals surface area contributed by atoms with E-state index in [-0.39, 0.29) is 0 Å². The summed E-state index contributed by atoms with van der Waals surface area (Å²) in [5.74, 6) is 0. The van der Waals surface area contributed by atoms with Crippen molar-refractivity contribution >= 4 is 0 Å². The standard InChI is InChI=1S/C15H23NO/c1-11-6-4-5-7-15(11)13(3)16-10-14-9-8-12(2)17-14/h4-7,12-14,16H,8-10H2,1-3H3. The highest BCUT2D eigenvalue weighted by Crippen LogP contribution is 2.20. The number of rotatable bonds is 4. The molecule has 1 heterocycles. The smallest absolute Gasteiger partial charge is 0.0704 e. The van der Waals surface area contributed by atoms with Crippen molar-refractivity contribution in [1.29, 1.82) is 0 Å². The third kappa shape index (κ3) is 3.30. The van der Waals surface area contributed by atoms with Crippen LogP contribution in [0.3, 0.4) is 0 Å². The quantitative estimate of drug-likeness (QED) is 0.862. The Hall–Kier alpha value is -0.860. The van der Waals surface area contributed by atoms with E-state index in [0.29, 0.717) is 18.2 Å². The van der Waals surface area contributed by atoms with E-state index in [0.717, 1.165) is 6.54 Å². The molecular weight excluding hydrogens is 210 g/mol. The number of benzene rings is 1. The predicted molar refractivity (Wildman–Crippen MR) is 71.2 cm³/mol. The summed E-state index contributed by atoms with van der Waals surface area (Å²) in [6, 6.07) is 8.96. The molecule has 0 amide bonds. The maximum atomic E-state index is 5.82. The zero-order valence-electron chi connectivity index (χ0n) is 11.1. The van der Waals surface area contributed by atoms with Gasteiger partial charge < -0.3 is 10.1 Å². The molecule has 1 N–H and O–H groups in total. The maximum Gasteiger partial charge on any atom is 0.0704 e. The van der Waals surface area contributed by atoms with E-state index in [9.17, 15) is 0 Å². The number of hydrogen-bond acceptors (Lipinski definition) is 2. The molecule has 0 spiro atoms. The van der Waals surface area contributed by atoms with Crippen LogP contribution in [0.1, 0.15) is 43.9 Å². The van der Waals surface area contributed by atoms with Gasteiger partial charge in [0, 0.05) is 12.6 Å². The van der Waals surface area contributed by atoms with Crippen molar-refractivity contribution in [2.75, 3.05) is 6.54 Å². The van der Waals surface area contributed by atoms with Crippen molar-refractivity contribution in [1.82, 2.24) is 5.32 Å². The van der Waals surface area contributed by atoms with Crippen LogP contribution in [-0.2, 0) is 4.74 Å². The molecule has 0 saturated carbocycles. The van der Waals surface area contributed by atoms with Crippen molar-refractivity contribution in [2.24, 2.45) is 0 Å².